The van der Waals surface area contributed by atoms with Crippen LogP contribution in [0.2, 0.25) is 0 Å². The summed E-state index contributed by atoms with van der Waals surface area (Å²) in [7, 11) is 0. The lowest BCUT2D eigenvalue weighted by Gasteiger charge is -2.30. The van der Waals surface area contributed by atoms with E-state index in [1.54, 1.807) is 11.8 Å². The number of nitrogens with zero attached hydrogens (tertiary/aromatic N) is 3. The van der Waals surface area contributed by atoms with Gasteiger partial charge < -0.3 is 24.3 Å². The Morgan fingerprint density at radius 2 is 1.87 bits per heavy atom. The number of ether oxygens (including phenoxy) is 1. The number of piperidine rings is 1. The van der Waals surface area contributed by atoms with Crippen LogP contribution in [0.1, 0.15) is 53.4 Å². The van der Waals surface area contributed by atoms with Crippen molar-refractivity contribution in [2.45, 2.75) is 39.0 Å². The Bertz CT molecular complexity index is 927. The lowest BCUT2D eigenvalue weighted by Crippen LogP contribution is -2.41. The van der Waals surface area contributed by atoms with E-state index in [4.69, 9.17) is 9.15 Å². The van der Waals surface area contributed by atoms with Crippen molar-refractivity contribution in [3.05, 3.63) is 47.2 Å². The van der Waals surface area contributed by atoms with Gasteiger partial charge in [0.1, 0.15) is 5.76 Å². The first kappa shape index (κ1) is 21.4. The molecular weight excluding hydrogens is 396 g/mol. The average molecular weight is 427 g/mol. The summed E-state index contributed by atoms with van der Waals surface area (Å²) < 4.78 is 11.2. The predicted molar refractivity (Wildman–Crippen MR) is 116 cm³/mol. The summed E-state index contributed by atoms with van der Waals surface area (Å²) in [6, 6.07) is 7.84. The van der Waals surface area contributed by atoms with Gasteiger partial charge in [-0.05, 0) is 43.9 Å². The number of urea groups is 1. The predicted octanol–water partition coefficient (Wildman–Crippen LogP) is 3.43. The summed E-state index contributed by atoms with van der Waals surface area (Å²) in [4.78, 5) is 33.5. The number of nitrogens with one attached hydrogen (secondary N) is 1. The van der Waals surface area contributed by atoms with E-state index in [-0.39, 0.29) is 17.9 Å². The number of aryl methyl sites for hydroxylation is 2. The molecule has 3 heterocycles. The zero-order valence-corrected chi connectivity index (χ0v) is 18.2. The van der Waals surface area contributed by atoms with Crippen molar-refractivity contribution in [1.29, 1.82) is 0 Å². The fraction of sp³-hybridized carbons (Fsp3) is 0.522. The largest absolute Gasteiger partial charge is 0.445 e. The number of likely N-dealkylation sites (tertiary alicyclic amines) is 1. The van der Waals surface area contributed by atoms with Gasteiger partial charge in [0.2, 0.25) is 0 Å². The van der Waals surface area contributed by atoms with Gasteiger partial charge in [0, 0.05) is 37.8 Å². The van der Waals surface area contributed by atoms with Crippen LogP contribution < -0.4 is 5.32 Å². The van der Waals surface area contributed by atoms with Crippen molar-refractivity contribution < 1.29 is 18.7 Å². The van der Waals surface area contributed by atoms with Crippen LogP contribution in [0.25, 0.3) is 0 Å². The van der Waals surface area contributed by atoms with Crippen LogP contribution >= 0.6 is 0 Å². The van der Waals surface area contributed by atoms with Crippen LogP contribution in [-0.2, 0) is 11.2 Å². The second-order valence-electron chi connectivity index (χ2n) is 8.11. The molecule has 2 aliphatic heterocycles. The van der Waals surface area contributed by atoms with Crippen molar-refractivity contribution in [2.75, 3.05) is 44.7 Å². The molecule has 0 spiro atoms. The van der Waals surface area contributed by atoms with Crippen LogP contribution in [0.4, 0.5) is 10.5 Å². The smallest absolute Gasteiger partial charge is 0.321 e. The fourth-order valence-corrected chi connectivity index (χ4v) is 4.11. The van der Waals surface area contributed by atoms with Crippen molar-refractivity contribution in [1.82, 2.24) is 14.8 Å². The molecule has 0 atom stereocenters. The minimum Gasteiger partial charge on any atom is -0.445 e. The molecule has 2 aromatic rings. The molecule has 8 heteroatoms. The van der Waals surface area contributed by atoms with E-state index >= 15 is 0 Å². The number of carbonyl (C=O) groups excluding carboxylic acids is 2. The van der Waals surface area contributed by atoms with Gasteiger partial charge in [-0.2, -0.15) is 0 Å². The van der Waals surface area contributed by atoms with Gasteiger partial charge in [-0.25, -0.2) is 9.78 Å². The molecule has 1 N–H and O–H groups in total. The second kappa shape index (κ2) is 9.51. The lowest BCUT2D eigenvalue weighted by atomic mass is 9.97. The maximum absolute atomic E-state index is 12.8. The van der Waals surface area contributed by atoms with Crippen LogP contribution in [0.3, 0.4) is 0 Å². The summed E-state index contributed by atoms with van der Waals surface area (Å²) in [5.41, 5.74) is 2.41. The highest BCUT2D eigenvalue weighted by Gasteiger charge is 2.30. The number of aromatic nitrogens is 1. The van der Waals surface area contributed by atoms with Crippen LogP contribution in [-0.4, -0.2) is 66.1 Å². The molecule has 0 saturated carbocycles. The number of amides is 3. The number of rotatable bonds is 4. The molecular formula is C23H30N4O4. The molecule has 8 nitrogen and oxygen atoms in total. The molecule has 2 fully saturated rings. The van der Waals surface area contributed by atoms with E-state index in [0.29, 0.717) is 56.7 Å². The highest BCUT2D eigenvalue weighted by atomic mass is 16.5. The Morgan fingerprint density at radius 3 is 2.58 bits per heavy atom. The average Bonchev–Trinajstić information content (AvgIpc) is 3.21. The summed E-state index contributed by atoms with van der Waals surface area (Å²) in [6.45, 7) is 7.39. The van der Waals surface area contributed by atoms with E-state index in [1.165, 1.54) is 5.56 Å². The molecule has 2 aliphatic rings. The standard InChI is InChI=1S/C23H30N4O4/c1-3-17-5-4-6-19(15-17)24-23(29)27-9-7-18(8-10-27)21-25-20(16(2)31-21)22(28)26-11-13-30-14-12-26/h4-6,15,18H,3,7-14H2,1-2H3,(H,24,29). The van der Waals surface area contributed by atoms with E-state index < -0.39 is 0 Å². The third-order valence-corrected chi connectivity index (χ3v) is 6.03. The van der Waals surface area contributed by atoms with Gasteiger partial charge >= 0.3 is 6.03 Å². The van der Waals surface area contributed by atoms with Crippen LogP contribution in [0.15, 0.2) is 28.7 Å². The number of hydrogen-bond acceptors (Lipinski definition) is 5. The van der Waals surface area contributed by atoms with Gasteiger partial charge in [0.15, 0.2) is 11.6 Å². The number of anilines is 1. The molecule has 0 aliphatic carbocycles. The van der Waals surface area contributed by atoms with Gasteiger partial charge in [0.05, 0.1) is 13.2 Å². The fourth-order valence-electron chi connectivity index (χ4n) is 4.11. The maximum Gasteiger partial charge on any atom is 0.321 e. The van der Waals surface area contributed by atoms with Gasteiger partial charge in [0.25, 0.3) is 5.91 Å². The molecule has 0 radical (unpaired) electrons. The monoisotopic (exact) mass is 426 g/mol. The van der Waals surface area contributed by atoms with Gasteiger partial charge in [-0.3, -0.25) is 4.79 Å². The number of carbonyl (C=O) groups is 2. The Balaban J connectivity index is 1.34. The summed E-state index contributed by atoms with van der Waals surface area (Å²) in [6.07, 6.45) is 2.45. The van der Waals surface area contributed by atoms with Crippen molar-refractivity contribution >= 4 is 17.6 Å². The Kier molecular flexibility index (Phi) is 6.56. The Morgan fingerprint density at radius 1 is 1.13 bits per heavy atom. The molecule has 4 rings (SSSR count). The molecule has 0 unspecified atom stereocenters. The number of hydrogen-bond donors (Lipinski definition) is 1. The van der Waals surface area contributed by atoms with Crippen molar-refractivity contribution in [3.8, 4) is 0 Å². The normalized spacial score (nSPS) is 17.6. The van der Waals surface area contributed by atoms with E-state index in [0.717, 1.165) is 24.9 Å². The van der Waals surface area contributed by atoms with E-state index in [2.05, 4.69) is 23.3 Å². The minimum absolute atomic E-state index is 0.0847. The van der Waals surface area contributed by atoms with Gasteiger partial charge in [-0.15, -0.1) is 0 Å². The van der Waals surface area contributed by atoms with E-state index in [9.17, 15) is 9.59 Å². The first-order chi connectivity index (χ1) is 15.0. The molecule has 2 saturated heterocycles. The summed E-state index contributed by atoms with van der Waals surface area (Å²) >= 11 is 0. The number of oxazole rings is 1. The molecule has 1 aromatic heterocycles. The highest BCUT2D eigenvalue weighted by Crippen LogP contribution is 2.29. The van der Waals surface area contributed by atoms with E-state index in [1.807, 2.05) is 23.1 Å². The zero-order valence-electron chi connectivity index (χ0n) is 18.2. The third kappa shape index (κ3) is 4.90. The zero-order chi connectivity index (χ0) is 21.8. The summed E-state index contributed by atoms with van der Waals surface area (Å²) in [5.74, 6) is 1.17. The van der Waals surface area contributed by atoms with Crippen molar-refractivity contribution in [2.24, 2.45) is 0 Å². The summed E-state index contributed by atoms with van der Waals surface area (Å²) in [5, 5.41) is 2.99. The first-order valence-corrected chi connectivity index (χ1v) is 11.0. The molecule has 31 heavy (non-hydrogen) atoms. The van der Waals surface area contributed by atoms with Crippen molar-refractivity contribution in [3.63, 3.8) is 0 Å². The number of benzene rings is 1. The lowest BCUT2D eigenvalue weighted by molar-refractivity contribution is 0.0298. The quantitative estimate of drug-likeness (QED) is 0.809. The number of morpholine rings is 1. The molecule has 0 bridgehead atoms. The highest BCUT2D eigenvalue weighted by molar-refractivity contribution is 5.93. The molecule has 1 aromatic carbocycles. The van der Waals surface area contributed by atoms with Crippen LogP contribution in [0.5, 0.6) is 0 Å². The first-order valence-electron chi connectivity index (χ1n) is 11.0. The van der Waals surface area contributed by atoms with Gasteiger partial charge in [-0.1, -0.05) is 19.1 Å². The minimum atomic E-state index is -0.0954. The Hall–Kier alpha value is -2.87. The third-order valence-electron chi connectivity index (χ3n) is 6.03. The second-order valence-corrected chi connectivity index (χ2v) is 8.11. The van der Waals surface area contributed by atoms with Crippen LogP contribution in [0, 0.1) is 6.92 Å². The Labute approximate surface area is 182 Å². The topological polar surface area (TPSA) is 87.9 Å². The molecule has 3 amide bonds. The maximum atomic E-state index is 12.8. The SMILES string of the molecule is CCc1cccc(NC(=O)N2CCC(c3nc(C(=O)N4CCOCC4)c(C)o3)CC2)c1. The molecule has 166 valence electrons.